The van der Waals surface area contributed by atoms with E-state index in [2.05, 4.69) is 27.7 Å². The topological polar surface area (TPSA) is 86.2 Å². The molecule has 0 atom stereocenters. The van der Waals surface area contributed by atoms with Crippen LogP contribution in [0.4, 0.5) is 0 Å². The molecule has 0 fully saturated rings. The van der Waals surface area contributed by atoms with E-state index >= 15 is 0 Å². The third kappa shape index (κ3) is 11.5. The molecule has 4 heteroatoms. The Labute approximate surface area is 123 Å². The van der Waals surface area contributed by atoms with Gasteiger partial charge in [-0.05, 0) is 24.7 Å². The molecule has 4 nitrogen and oxygen atoms in total. The summed E-state index contributed by atoms with van der Waals surface area (Å²) in [5.74, 6) is 0.126. The Hall–Kier alpha value is -1.58. The molecule has 4 N–H and O–H groups in total. The van der Waals surface area contributed by atoms with Crippen molar-refractivity contribution in [3.63, 3.8) is 0 Å². The van der Waals surface area contributed by atoms with E-state index < -0.39 is 0 Å². The van der Waals surface area contributed by atoms with Crippen molar-refractivity contribution in [2.24, 2.45) is 23.3 Å². The second kappa shape index (κ2) is 11.3. The highest BCUT2D eigenvalue weighted by atomic mass is 16.1. The van der Waals surface area contributed by atoms with Crippen molar-refractivity contribution in [3.05, 3.63) is 23.3 Å². The first-order valence-corrected chi connectivity index (χ1v) is 7.15. The fourth-order valence-corrected chi connectivity index (χ4v) is 1.82. The van der Waals surface area contributed by atoms with Crippen LogP contribution in [-0.2, 0) is 9.59 Å². The molecule has 0 aromatic rings. The minimum absolute atomic E-state index is 0.339. The van der Waals surface area contributed by atoms with Crippen molar-refractivity contribution >= 4 is 11.8 Å². The molecule has 0 aromatic heterocycles. The average Bonchev–Trinajstić information content (AvgIpc) is 2.32. The number of hydrogen-bond acceptors (Lipinski definition) is 2. The number of carbonyl (C=O) groups excluding carboxylic acids is 2. The molecule has 0 rings (SSSR count). The van der Waals surface area contributed by atoms with Crippen LogP contribution in [-0.4, -0.2) is 11.8 Å². The highest BCUT2D eigenvalue weighted by Crippen LogP contribution is 2.18. The molecule has 0 bridgehead atoms. The summed E-state index contributed by atoms with van der Waals surface area (Å²) in [6, 6.07) is 0. The number of amides is 2. The Bertz CT molecular complexity index is 351. The minimum atomic E-state index is -0.345. The van der Waals surface area contributed by atoms with E-state index in [1.807, 2.05) is 13.8 Å². The van der Waals surface area contributed by atoms with Crippen LogP contribution in [0.5, 0.6) is 0 Å². The second-order valence-corrected chi connectivity index (χ2v) is 5.27. The lowest BCUT2D eigenvalue weighted by Crippen LogP contribution is -2.11. The maximum Gasteiger partial charge on any atom is 0.241 e. The highest BCUT2D eigenvalue weighted by Gasteiger charge is 2.08. The molecule has 116 valence electrons. The molecule has 0 heterocycles. The second-order valence-electron chi connectivity index (χ2n) is 5.27. The molecule has 0 aliphatic rings. The van der Waals surface area contributed by atoms with Crippen LogP contribution < -0.4 is 11.5 Å². The van der Waals surface area contributed by atoms with Gasteiger partial charge in [-0.2, -0.15) is 0 Å². The lowest BCUT2D eigenvalue weighted by molar-refractivity contribution is -0.114. The van der Waals surface area contributed by atoms with E-state index in [1.165, 1.54) is 12.2 Å². The third-order valence-electron chi connectivity index (χ3n) is 2.90. The Morgan fingerprint density at radius 2 is 1.20 bits per heavy atom. The quantitative estimate of drug-likeness (QED) is 0.734. The fourth-order valence-electron chi connectivity index (χ4n) is 1.82. The Morgan fingerprint density at radius 1 is 0.850 bits per heavy atom. The van der Waals surface area contributed by atoms with Gasteiger partial charge in [-0.1, -0.05) is 52.7 Å². The predicted molar refractivity (Wildman–Crippen MR) is 84.8 cm³/mol. The largest absolute Gasteiger partial charge is 0.366 e. The van der Waals surface area contributed by atoms with E-state index in [4.69, 9.17) is 11.5 Å². The van der Waals surface area contributed by atoms with Crippen LogP contribution in [0.2, 0.25) is 0 Å². The van der Waals surface area contributed by atoms with Crippen molar-refractivity contribution in [1.82, 2.24) is 0 Å². The molecule has 20 heavy (non-hydrogen) atoms. The van der Waals surface area contributed by atoms with Gasteiger partial charge in [0, 0.05) is 12.2 Å². The standard InChI is InChI=1S/C9H17NO.C7H13NO/c1-6(2)8(7(3)4)5-9(10)11;1-3-6(4-2)5-7(8)9/h5-7H,1-4H3,(H2,10,11);5H,3-4H2,1-2H3,(H2,8,9). The summed E-state index contributed by atoms with van der Waals surface area (Å²) < 4.78 is 0. The zero-order valence-electron chi connectivity index (χ0n) is 13.7. The lowest BCUT2D eigenvalue weighted by Gasteiger charge is -2.14. The number of nitrogens with two attached hydrogens (primary N) is 2. The molecule has 0 spiro atoms. The highest BCUT2D eigenvalue weighted by molar-refractivity contribution is 5.86. The molecule has 0 aliphatic heterocycles. The summed E-state index contributed by atoms with van der Waals surface area (Å²) in [6.45, 7) is 12.3. The van der Waals surface area contributed by atoms with Crippen LogP contribution in [0, 0.1) is 11.8 Å². The van der Waals surface area contributed by atoms with Crippen LogP contribution in [0.15, 0.2) is 23.3 Å². The molecule has 0 aliphatic carbocycles. The van der Waals surface area contributed by atoms with Gasteiger partial charge in [-0.15, -0.1) is 0 Å². The maximum absolute atomic E-state index is 10.6. The van der Waals surface area contributed by atoms with Crippen LogP contribution in [0.25, 0.3) is 0 Å². The van der Waals surface area contributed by atoms with Crippen molar-refractivity contribution in [2.75, 3.05) is 0 Å². The van der Waals surface area contributed by atoms with Gasteiger partial charge in [-0.25, -0.2) is 0 Å². The van der Waals surface area contributed by atoms with Crippen molar-refractivity contribution in [1.29, 1.82) is 0 Å². The molecule has 0 radical (unpaired) electrons. The van der Waals surface area contributed by atoms with Gasteiger partial charge < -0.3 is 11.5 Å². The monoisotopic (exact) mass is 282 g/mol. The zero-order valence-corrected chi connectivity index (χ0v) is 13.7. The maximum atomic E-state index is 10.6. The summed E-state index contributed by atoms with van der Waals surface area (Å²) in [6.07, 6.45) is 4.87. The smallest absolute Gasteiger partial charge is 0.241 e. The number of allylic oxidation sites excluding steroid dienone is 2. The first-order chi connectivity index (χ1) is 9.15. The Kier molecular flexibility index (Phi) is 11.7. The van der Waals surface area contributed by atoms with E-state index in [1.54, 1.807) is 0 Å². The van der Waals surface area contributed by atoms with Crippen LogP contribution in [0.3, 0.4) is 0 Å². The van der Waals surface area contributed by atoms with Gasteiger partial charge >= 0.3 is 0 Å². The zero-order chi connectivity index (χ0) is 16.3. The normalized spacial score (nSPS) is 9.60. The number of primary amides is 2. The average molecular weight is 282 g/mol. The van der Waals surface area contributed by atoms with E-state index in [9.17, 15) is 9.59 Å². The van der Waals surface area contributed by atoms with Gasteiger partial charge in [0.05, 0.1) is 0 Å². The number of hydrogen-bond donors (Lipinski definition) is 2. The molecule has 0 aromatic carbocycles. The molecule has 0 saturated heterocycles. The molecule has 0 unspecified atom stereocenters. The van der Waals surface area contributed by atoms with E-state index in [0.717, 1.165) is 24.0 Å². The molecule has 0 saturated carbocycles. The summed E-state index contributed by atoms with van der Waals surface area (Å²) in [7, 11) is 0. The van der Waals surface area contributed by atoms with Crippen molar-refractivity contribution in [3.8, 4) is 0 Å². The number of carbonyl (C=O) groups is 2. The first-order valence-electron chi connectivity index (χ1n) is 7.15. The van der Waals surface area contributed by atoms with Gasteiger partial charge in [-0.3, -0.25) is 9.59 Å². The summed E-state index contributed by atoms with van der Waals surface area (Å²) in [5, 5.41) is 0. The summed E-state index contributed by atoms with van der Waals surface area (Å²) in [5.41, 5.74) is 12.2. The predicted octanol–water partition coefficient (Wildman–Crippen LogP) is 2.93. The van der Waals surface area contributed by atoms with Gasteiger partial charge in [0.15, 0.2) is 0 Å². The van der Waals surface area contributed by atoms with Gasteiger partial charge in [0.2, 0.25) is 11.8 Å². The fraction of sp³-hybridized carbons (Fsp3) is 0.625. The van der Waals surface area contributed by atoms with Crippen molar-refractivity contribution < 1.29 is 9.59 Å². The van der Waals surface area contributed by atoms with Crippen LogP contribution >= 0.6 is 0 Å². The molecular formula is C16H30N2O2. The Morgan fingerprint density at radius 3 is 1.30 bits per heavy atom. The SMILES string of the molecule is CC(C)C(=CC(N)=O)C(C)C.CCC(=CC(N)=O)CC. The first kappa shape index (κ1) is 20.7. The molecule has 2 amide bonds. The Balaban J connectivity index is 0. The minimum Gasteiger partial charge on any atom is -0.366 e. The lowest BCUT2D eigenvalue weighted by atomic mass is 9.92. The summed E-state index contributed by atoms with van der Waals surface area (Å²) in [4.78, 5) is 20.8. The van der Waals surface area contributed by atoms with Gasteiger partial charge in [0.25, 0.3) is 0 Å². The van der Waals surface area contributed by atoms with Crippen LogP contribution in [0.1, 0.15) is 54.4 Å². The summed E-state index contributed by atoms with van der Waals surface area (Å²) >= 11 is 0. The van der Waals surface area contributed by atoms with Gasteiger partial charge in [0.1, 0.15) is 0 Å². The third-order valence-corrected chi connectivity index (χ3v) is 2.90. The van der Waals surface area contributed by atoms with E-state index in [-0.39, 0.29) is 11.8 Å². The van der Waals surface area contributed by atoms with Crippen molar-refractivity contribution in [2.45, 2.75) is 54.4 Å². The molecular weight excluding hydrogens is 252 g/mol. The number of rotatable bonds is 6. The van der Waals surface area contributed by atoms with E-state index in [0.29, 0.717) is 11.8 Å².